The summed E-state index contributed by atoms with van der Waals surface area (Å²) < 4.78 is 0. The predicted octanol–water partition coefficient (Wildman–Crippen LogP) is 0.282. The van der Waals surface area contributed by atoms with Crippen LogP contribution in [0.4, 0.5) is 11.5 Å². The van der Waals surface area contributed by atoms with Gasteiger partial charge in [0.05, 0.1) is 18.2 Å². The minimum absolute atomic E-state index is 0.566. The van der Waals surface area contributed by atoms with Gasteiger partial charge in [0.25, 0.3) is 0 Å². The van der Waals surface area contributed by atoms with E-state index < -0.39 is 0 Å². The molecule has 0 atom stereocenters. The van der Waals surface area contributed by atoms with E-state index in [0.717, 1.165) is 0 Å². The third kappa shape index (κ3) is 1.45. The number of aliphatic imine (C=N–C) groups is 1. The van der Waals surface area contributed by atoms with Gasteiger partial charge < -0.3 is 11.5 Å². The largest absolute Gasteiger partial charge is 0.397 e. The number of nitrogens with two attached hydrogens (primary N) is 2. The van der Waals surface area contributed by atoms with Crippen LogP contribution in [-0.2, 0) is 0 Å². The average molecular weight is 136 g/mol. The summed E-state index contributed by atoms with van der Waals surface area (Å²) in [4.78, 5) is 7.60. The lowest BCUT2D eigenvalue weighted by atomic mass is 10.4. The molecule has 1 aromatic heterocycles. The first-order valence-corrected chi connectivity index (χ1v) is 2.78. The van der Waals surface area contributed by atoms with E-state index in [1.54, 1.807) is 12.1 Å². The highest BCUT2D eigenvalue weighted by molar-refractivity contribution is 5.57. The number of pyridine rings is 1. The number of rotatable bonds is 1. The Hall–Kier alpha value is -1.58. The highest BCUT2D eigenvalue weighted by Crippen LogP contribution is 2.07. The summed E-state index contributed by atoms with van der Waals surface area (Å²) in [6.07, 6.45) is 2.72. The van der Waals surface area contributed by atoms with Crippen molar-refractivity contribution in [2.24, 2.45) is 10.7 Å². The fourth-order valence-corrected chi connectivity index (χ4v) is 0.550. The molecule has 4 nitrogen and oxygen atoms in total. The molecule has 0 bridgehead atoms. The normalized spacial score (nSPS) is 10.4. The lowest BCUT2D eigenvalue weighted by Gasteiger charge is -1.91. The van der Waals surface area contributed by atoms with Crippen molar-refractivity contribution in [3.8, 4) is 0 Å². The number of aromatic nitrogens is 1. The van der Waals surface area contributed by atoms with E-state index in [0.29, 0.717) is 11.5 Å². The summed E-state index contributed by atoms with van der Waals surface area (Å²) in [6, 6.07) is 3.41. The van der Waals surface area contributed by atoms with E-state index in [-0.39, 0.29) is 0 Å². The maximum Gasteiger partial charge on any atom is 0.153 e. The van der Waals surface area contributed by atoms with Gasteiger partial charge >= 0.3 is 0 Å². The highest BCUT2D eigenvalue weighted by Gasteiger charge is 1.86. The third-order valence-corrected chi connectivity index (χ3v) is 0.978. The van der Waals surface area contributed by atoms with Gasteiger partial charge in [-0.05, 0) is 12.1 Å². The first kappa shape index (κ1) is 6.54. The second kappa shape index (κ2) is 2.82. The molecule has 0 aromatic carbocycles. The maximum atomic E-state index is 5.38. The zero-order valence-electron chi connectivity index (χ0n) is 5.36. The molecule has 1 heterocycles. The van der Waals surface area contributed by atoms with Crippen molar-refractivity contribution in [2.75, 3.05) is 5.73 Å². The van der Waals surface area contributed by atoms with E-state index in [4.69, 9.17) is 11.5 Å². The van der Waals surface area contributed by atoms with Gasteiger partial charge in [0, 0.05) is 0 Å². The summed E-state index contributed by atoms with van der Waals surface area (Å²) >= 11 is 0. The Balaban J connectivity index is 2.89. The van der Waals surface area contributed by atoms with Gasteiger partial charge in [-0.3, -0.25) is 0 Å². The van der Waals surface area contributed by atoms with Crippen molar-refractivity contribution in [1.29, 1.82) is 0 Å². The van der Waals surface area contributed by atoms with Crippen LogP contribution in [0.3, 0.4) is 0 Å². The van der Waals surface area contributed by atoms with E-state index in [1.807, 2.05) is 0 Å². The molecule has 0 amide bonds. The molecule has 0 aliphatic rings. The predicted molar refractivity (Wildman–Crippen MR) is 41.0 cm³/mol. The van der Waals surface area contributed by atoms with Gasteiger partial charge in [0.2, 0.25) is 0 Å². The van der Waals surface area contributed by atoms with Crippen LogP contribution in [0.1, 0.15) is 0 Å². The number of hydrogen-bond acceptors (Lipinski definition) is 3. The second-order valence-electron chi connectivity index (χ2n) is 1.73. The molecule has 1 rings (SSSR count). The molecule has 0 aliphatic carbocycles. The Morgan fingerprint density at radius 1 is 1.50 bits per heavy atom. The van der Waals surface area contributed by atoms with Crippen LogP contribution < -0.4 is 11.5 Å². The molecular weight excluding hydrogens is 128 g/mol. The van der Waals surface area contributed by atoms with Crippen molar-refractivity contribution in [3.63, 3.8) is 0 Å². The average Bonchev–Trinajstić information content (AvgIpc) is 1.95. The molecule has 10 heavy (non-hydrogen) atoms. The molecule has 0 saturated heterocycles. The second-order valence-corrected chi connectivity index (χ2v) is 1.73. The number of nitrogen functional groups attached to an aromatic ring is 1. The summed E-state index contributed by atoms with van der Waals surface area (Å²) in [5, 5.41) is 0. The SMILES string of the molecule is NC=Nc1ccc(N)cn1. The molecule has 4 N–H and O–H groups in total. The third-order valence-electron chi connectivity index (χ3n) is 0.978. The first-order chi connectivity index (χ1) is 4.83. The molecule has 0 unspecified atom stereocenters. The van der Waals surface area contributed by atoms with Crippen LogP contribution in [0.15, 0.2) is 23.3 Å². The zero-order valence-corrected chi connectivity index (χ0v) is 5.36. The van der Waals surface area contributed by atoms with Gasteiger partial charge in [-0.2, -0.15) is 0 Å². The van der Waals surface area contributed by atoms with Gasteiger partial charge in [-0.25, -0.2) is 9.98 Å². The monoisotopic (exact) mass is 136 g/mol. The van der Waals surface area contributed by atoms with Gasteiger partial charge in [0.1, 0.15) is 0 Å². The molecule has 0 spiro atoms. The van der Waals surface area contributed by atoms with Crippen LogP contribution >= 0.6 is 0 Å². The van der Waals surface area contributed by atoms with Gasteiger partial charge in [0.15, 0.2) is 5.82 Å². The lowest BCUT2D eigenvalue weighted by molar-refractivity contribution is 1.28. The fourth-order valence-electron chi connectivity index (χ4n) is 0.550. The van der Waals surface area contributed by atoms with Crippen molar-refractivity contribution in [2.45, 2.75) is 0 Å². The Morgan fingerprint density at radius 3 is 2.80 bits per heavy atom. The minimum atomic E-state index is 0.566. The van der Waals surface area contributed by atoms with E-state index >= 15 is 0 Å². The Kier molecular flexibility index (Phi) is 1.84. The standard InChI is InChI=1S/C6H8N4/c7-4-10-6-2-1-5(8)3-9-6/h1-4H,8H2,(H2,7,9,10). The summed E-state index contributed by atoms with van der Waals surface area (Å²) in [5.41, 5.74) is 11.0. The molecule has 1 aromatic rings. The molecule has 0 fully saturated rings. The van der Waals surface area contributed by atoms with Crippen molar-refractivity contribution >= 4 is 17.8 Å². The van der Waals surface area contributed by atoms with E-state index in [9.17, 15) is 0 Å². The van der Waals surface area contributed by atoms with Crippen LogP contribution in [0.25, 0.3) is 0 Å². The van der Waals surface area contributed by atoms with Crippen LogP contribution in [0.2, 0.25) is 0 Å². The molecule has 0 radical (unpaired) electrons. The number of nitrogens with zero attached hydrogens (tertiary/aromatic N) is 2. The topological polar surface area (TPSA) is 77.3 Å². The fraction of sp³-hybridized carbons (Fsp3) is 0. The maximum absolute atomic E-state index is 5.38. The Morgan fingerprint density at radius 2 is 2.30 bits per heavy atom. The summed E-state index contributed by atoms with van der Waals surface area (Å²) in [5.74, 6) is 0.566. The van der Waals surface area contributed by atoms with Crippen LogP contribution in [-0.4, -0.2) is 11.3 Å². The van der Waals surface area contributed by atoms with E-state index in [1.165, 1.54) is 12.5 Å². The smallest absolute Gasteiger partial charge is 0.153 e. The molecule has 0 aliphatic heterocycles. The quantitative estimate of drug-likeness (QED) is 0.430. The van der Waals surface area contributed by atoms with Crippen molar-refractivity contribution in [3.05, 3.63) is 18.3 Å². The minimum Gasteiger partial charge on any atom is -0.397 e. The van der Waals surface area contributed by atoms with Crippen LogP contribution in [0.5, 0.6) is 0 Å². The molecule has 52 valence electrons. The van der Waals surface area contributed by atoms with E-state index in [2.05, 4.69) is 9.98 Å². The number of anilines is 1. The summed E-state index contributed by atoms with van der Waals surface area (Å²) in [6.45, 7) is 0. The number of hydrogen-bond donors (Lipinski definition) is 2. The zero-order chi connectivity index (χ0) is 7.40. The highest BCUT2D eigenvalue weighted by atomic mass is 14.9. The van der Waals surface area contributed by atoms with Crippen molar-refractivity contribution < 1.29 is 0 Å². The van der Waals surface area contributed by atoms with Gasteiger partial charge in [-0.15, -0.1) is 0 Å². The Bertz CT molecular complexity index is 226. The first-order valence-electron chi connectivity index (χ1n) is 2.78. The lowest BCUT2D eigenvalue weighted by Crippen LogP contribution is -1.88. The molecular formula is C6H8N4. The van der Waals surface area contributed by atoms with Crippen molar-refractivity contribution in [1.82, 2.24) is 4.98 Å². The molecule has 0 saturated carbocycles. The van der Waals surface area contributed by atoms with Gasteiger partial charge in [-0.1, -0.05) is 0 Å². The summed E-state index contributed by atoms with van der Waals surface area (Å²) in [7, 11) is 0. The molecule has 4 heteroatoms. The van der Waals surface area contributed by atoms with Crippen LogP contribution in [0, 0.1) is 0 Å². The Labute approximate surface area is 58.6 Å².